The van der Waals surface area contributed by atoms with Gasteiger partial charge < -0.3 is 0 Å². The maximum atomic E-state index is 12.1. The van der Waals surface area contributed by atoms with Crippen LogP contribution >= 0.6 is 0 Å². The third-order valence-corrected chi connectivity index (χ3v) is 1.82. The molecule has 0 N–H and O–H groups in total. The minimum atomic E-state index is -4.13. The number of halogens is 3. The van der Waals surface area contributed by atoms with Crippen molar-refractivity contribution in [1.82, 2.24) is 10.2 Å². The number of likely N-dealkylation sites (N-methyl/N-ethyl adjacent to an activating group) is 1. The van der Waals surface area contributed by atoms with Gasteiger partial charge in [0.2, 0.25) is 0 Å². The summed E-state index contributed by atoms with van der Waals surface area (Å²) in [4.78, 5) is 1.30. The van der Waals surface area contributed by atoms with Gasteiger partial charge in [0, 0.05) is 19.6 Å². The molecule has 0 aromatic rings. The Kier molecular flexibility index (Phi) is 2.39. The van der Waals surface area contributed by atoms with Crippen LogP contribution in [0.15, 0.2) is 0 Å². The summed E-state index contributed by atoms with van der Waals surface area (Å²) in [5.74, 6) is 0. The summed E-state index contributed by atoms with van der Waals surface area (Å²) < 4.78 is 36.3. The predicted octanol–water partition coefficient (Wildman–Crippen LogP) is 0.467. The Morgan fingerprint density at radius 1 is 1.45 bits per heavy atom. The Hall–Kier alpha value is -0.290. The standard InChI is InChI=1S/C6H10F3N2/c1-11-3-2-10-4-5(11)6(7,8)9/h5H,2-4H2,1H3. The average Bonchev–Trinajstić information content (AvgIpc) is 1.86. The Bertz CT molecular complexity index is 134. The van der Waals surface area contributed by atoms with Crippen molar-refractivity contribution in [2.45, 2.75) is 12.2 Å². The molecule has 1 fully saturated rings. The molecular formula is C6H10F3N2. The van der Waals surface area contributed by atoms with E-state index in [0.29, 0.717) is 13.1 Å². The van der Waals surface area contributed by atoms with Crippen LogP contribution in [0.25, 0.3) is 0 Å². The molecule has 2 nitrogen and oxygen atoms in total. The fourth-order valence-electron chi connectivity index (χ4n) is 1.09. The van der Waals surface area contributed by atoms with Crippen LogP contribution in [0.5, 0.6) is 0 Å². The molecule has 0 aliphatic carbocycles. The summed E-state index contributed by atoms with van der Waals surface area (Å²) in [7, 11) is 1.48. The highest BCUT2D eigenvalue weighted by Crippen LogP contribution is 2.24. The molecule has 1 rings (SSSR count). The summed E-state index contributed by atoms with van der Waals surface area (Å²) in [6, 6.07) is -1.36. The van der Waals surface area contributed by atoms with Crippen molar-refractivity contribution in [3.63, 3.8) is 0 Å². The minimum Gasteiger partial charge on any atom is -0.293 e. The molecule has 5 heteroatoms. The molecule has 1 radical (unpaired) electrons. The van der Waals surface area contributed by atoms with Gasteiger partial charge >= 0.3 is 6.18 Å². The largest absolute Gasteiger partial charge is 0.405 e. The molecule has 0 aromatic carbocycles. The van der Waals surface area contributed by atoms with Crippen molar-refractivity contribution in [2.24, 2.45) is 0 Å². The fraction of sp³-hybridized carbons (Fsp3) is 1.00. The molecule has 1 atom stereocenters. The lowest BCUT2D eigenvalue weighted by Crippen LogP contribution is -2.53. The first kappa shape index (κ1) is 8.80. The molecule has 11 heavy (non-hydrogen) atoms. The van der Waals surface area contributed by atoms with E-state index in [1.54, 1.807) is 0 Å². The molecule has 65 valence electrons. The molecule has 0 aromatic heterocycles. The topological polar surface area (TPSA) is 17.3 Å². The second-order valence-corrected chi connectivity index (χ2v) is 2.67. The van der Waals surface area contributed by atoms with Gasteiger partial charge in [0.05, 0.1) is 0 Å². The molecule has 1 unspecified atom stereocenters. The van der Waals surface area contributed by atoms with E-state index in [0.717, 1.165) is 0 Å². The maximum absolute atomic E-state index is 12.1. The first-order chi connectivity index (χ1) is 5.02. The summed E-state index contributed by atoms with van der Waals surface area (Å²) in [6.07, 6.45) is -4.13. The highest BCUT2D eigenvalue weighted by Gasteiger charge is 2.43. The molecule has 1 aliphatic rings. The summed E-state index contributed by atoms with van der Waals surface area (Å²) >= 11 is 0. The third-order valence-electron chi connectivity index (χ3n) is 1.82. The predicted molar refractivity (Wildman–Crippen MR) is 34.3 cm³/mol. The third kappa shape index (κ3) is 2.07. The van der Waals surface area contributed by atoms with Crippen LogP contribution in [-0.2, 0) is 0 Å². The Morgan fingerprint density at radius 3 is 2.45 bits per heavy atom. The average molecular weight is 167 g/mol. The lowest BCUT2D eigenvalue weighted by Gasteiger charge is -2.33. The number of alkyl halides is 3. The zero-order valence-corrected chi connectivity index (χ0v) is 6.23. The second kappa shape index (κ2) is 2.98. The van der Waals surface area contributed by atoms with Crippen molar-refractivity contribution in [2.75, 3.05) is 26.7 Å². The zero-order chi connectivity index (χ0) is 8.48. The van der Waals surface area contributed by atoms with Crippen molar-refractivity contribution in [3.05, 3.63) is 0 Å². The highest BCUT2D eigenvalue weighted by molar-refractivity contribution is 4.82. The molecule has 0 bridgehead atoms. The van der Waals surface area contributed by atoms with Gasteiger partial charge in [-0.2, -0.15) is 13.2 Å². The lowest BCUT2D eigenvalue weighted by molar-refractivity contribution is -0.183. The van der Waals surface area contributed by atoms with Crippen molar-refractivity contribution in [1.29, 1.82) is 0 Å². The Morgan fingerprint density at radius 2 is 2.09 bits per heavy atom. The van der Waals surface area contributed by atoms with Crippen molar-refractivity contribution < 1.29 is 13.2 Å². The second-order valence-electron chi connectivity index (χ2n) is 2.67. The molecule has 0 saturated carbocycles. The van der Waals surface area contributed by atoms with Crippen molar-refractivity contribution in [3.8, 4) is 0 Å². The van der Waals surface area contributed by atoms with Gasteiger partial charge in [-0.1, -0.05) is 0 Å². The van der Waals surface area contributed by atoms with E-state index in [-0.39, 0.29) is 6.54 Å². The van der Waals surface area contributed by atoms with Crippen LogP contribution < -0.4 is 5.32 Å². The molecular weight excluding hydrogens is 157 g/mol. The first-order valence-electron chi connectivity index (χ1n) is 3.42. The summed E-state index contributed by atoms with van der Waals surface area (Å²) in [5.41, 5.74) is 0. The number of rotatable bonds is 0. The van der Waals surface area contributed by atoms with Crippen LogP contribution in [0.1, 0.15) is 0 Å². The van der Waals surface area contributed by atoms with Crippen LogP contribution in [0.2, 0.25) is 0 Å². The van der Waals surface area contributed by atoms with Gasteiger partial charge in [-0.05, 0) is 7.05 Å². The maximum Gasteiger partial charge on any atom is 0.405 e. The molecule has 1 aliphatic heterocycles. The van der Waals surface area contributed by atoms with Gasteiger partial charge in [0.15, 0.2) is 0 Å². The summed E-state index contributed by atoms with van der Waals surface area (Å²) in [6.45, 7) is 0.813. The van der Waals surface area contributed by atoms with Crippen molar-refractivity contribution >= 4 is 0 Å². The van der Waals surface area contributed by atoms with E-state index in [1.807, 2.05) is 0 Å². The van der Waals surface area contributed by atoms with E-state index in [9.17, 15) is 13.2 Å². The number of nitrogens with zero attached hydrogens (tertiary/aromatic N) is 2. The van der Waals surface area contributed by atoms with Gasteiger partial charge in [0.1, 0.15) is 6.04 Å². The quantitative estimate of drug-likeness (QED) is 0.512. The van der Waals surface area contributed by atoms with Crippen LogP contribution in [0, 0.1) is 0 Å². The van der Waals surface area contributed by atoms with Crippen LogP contribution in [0.4, 0.5) is 13.2 Å². The van der Waals surface area contributed by atoms with Crippen LogP contribution in [-0.4, -0.2) is 43.8 Å². The molecule has 1 heterocycles. The van der Waals surface area contributed by atoms with Gasteiger partial charge in [-0.25, -0.2) is 5.32 Å². The first-order valence-corrected chi connectivity index (χ1v) is 3.42. The minimum absolute atomic E-state index is 0.111. The number of hydrogen-bond donors (Lipinski definition) is 0. The SMILES string of the molecule is CN1CC[N]CC1C(F)(F)F. The normalized spacial score (nSPS) is 28.9. The molecule has 0 spiro atoms. The highest BCUT2D eigenvalue weighted by atomic mass is 19.4. The molecule has 1 saturated heterocycles. The van der Waals surface area contributed by atoms with E-state index in [2.05, 4.69) is 5.32 Å². The van der Waals surface area contributed by atoms with E-state index in [1.165, 1.54) is 11.9 Å². The fourth-order valence-corrected chi connectivity index (χ4v) is 1.09. The molecule has 0 amide bonds. The number of piperazine rings is 1. The van der Waals surface area contributed by atoms with Gasteiger partial charge in [-0.3, -0.25) is 4.90 Å². The van der Waals surface area contributed by atoms with Gasteiger partial charge in [-0.15, -0.1) is 0 Å². The monoisotopic (exact) mass is 167 g/mol. The summed E-state index contributed by atoms with van der Waals surface area (Å²) in [5, 5.41) is 3.71. The van der Waals surface area contributed by atoms with E-state index >= 15 is 0 Å². The van der Waals surface area contributed by atoms with E-state index < -0.39 is 12.2 Å². The van der Waals surface area contributed by atoms with Gasteiger partial charge in [0.25, 0.3) is 0 Å². The van der Waals surface area contributed by atoms with Crippen LogP contribution in [0.3, 0.4) is 0 Å². The zero-order valence-electron chi connectivity index (χ0n) is 6.23. The lowest BCUT2D eigenvalue weighted by atomic mass is 10.2. The Balaban J connectivity index is 2.55. The van der Waals surface area contributed by atoms with E-state index in [4.69, 9.17) is 0 Å². The Labute approximate surface area is 63.4 Å². The smallest absolute Gasteiger partial charge is 0.293 e. The number of hydrogen-bond acceptors (Lipinski definition) is 1.